The van der Waals surface area contributed by atoms with Crippen molar-refractivity contribution in [2.24, 2.45) is 0 Å². The van der Waals surface area contributed by atoms with E-state index < -0.39 is 0 Å². The molecule has 3 heterocycles. The number of nitrogens with zero attached hydrogens (tertiary/aromatic N) is 4. The Balaban J connectivity index is 1.20. The fourth-order valence-corrected chi connectivity index (χ4v) is 3.90. The number of tetrazole rings is 1. The predicted octanol–water partition coefficient (Wildman–Crippen LogP) is 5.27. The smallest absolute Gasteiger partial charge is 0.239 e. The molecule has 0 saturated carbocycles. The molecular formula is C28H19N5O3. The molecule has 3 aromatic heterocycles. The topological polar surface area (TPSA) is 107 Å². The van der Waals surface area contributed by atoms with Gasteiger partial charge < -0.3 is 9.15 Å². The minimum atomic E-state index is -0.169. The zero-order chi connectivity index (χ0) is 24.3. The lowest BCUT2D eigenvalue weighted by atomic mass is 10.1. The Labute approximate surface area is 204 Å². The molecule has 3 aromatic carbocycles. The van der Waals surface area contributed by atoms with Crippen molar-refractivity contribution in [2.75, 3.05) is 0 Å². The summed E-state index contributed by atoms with van der Waals surface area (Å²) in [6.45, 7) is 0.379. The SMILES string of the molecule is O=c1cc(-c2nn[nH]n2)oc2cc(C=Cc3cccc(OCc4ccc5ccccc5n4)c3)ccc12. The van der Waals surface area contributed by atoms with Gasteiger partial charge in [0.1, 0.15) is 17.9 Å². The molecule has 0 bridgehead atoms. The van der Waals surface area contributed by atoms with Gasteiger partial charge in [0.25, 0.3) is 0 Å². The third kappa shape index (κ3) is 4.47. The molecule has 8 nitrogen and oxygen atoms in total. The fourth-order valence-electron chi connectivity index (χ4n) is 3.90. The van der Waals surface area contributed by atoms with Gasteiger partial charge in [0, 0.05) is 11.5 Å². The number of rotatable bonds is 6. The first-order valence-corrected chi connectivity index (χ1v) is 11.3. The van der Waals surface area contributed by atoms with Crippen LogP contribution in [-0.2, 0) is 6.61 Å². The Morgan fingerprint density at radius 1 is 0.889 bits per heavy atom. The van der Waals surface area contributed by atoms with Crippen LogP contribution in [0.4, 0.5) is 0 Å². The standard InChI is InChI=1S/C28H19N5O3/c34-25-16-27(28-30-32-33-31-28)36-26-15-19(10-13-23(25)26)9-8-18-4-3-6-22(14-18)35-17-21-12-11-20-5-1-2-7-24(20)29-21/h1-16H,17H2,(H,30,31,32,33). The first-order valence-electron chi connectivity index (χ1n) is 11.3. The molecule has 0 radical (unpaired) electrons. The highest BCUT2D eigenvalue weighted by molar-refractivity contribution is 5.82. The van der Waals surface area contributed by atoms with Crippen molar-refractivity contribution in [2.45, 2.75) is 6.61 Å². The Morgan fingerprint density at radius 3 is 2.67 bits per heavy atom. The largest absolute Gasteiger partial charge is 0.487 e. The van der Waals surface area contributed by atoms with E-state index in [4.69, 9.17) is 9.15 Å². The van der Waals surface area contributed by atoms with Gasteiger partial charge in [-0.15, -0.1) is 10.2 Å². The lowest BCUT2D eigenvalue weighted by Gasteiger charge is -2.07. The summed E-state index contributed by atoms with van der Waals surface area (Å²) in [5.74, 6) is 1.24. The molecule has 0 atom stereocenters. The normalized spacial score (nSPS) is 11.4. The zero-order valence-electron chi connectivity index (χ0n) is 19.0. The summed E-state index contributed by atoms with van der Waals surface area (Å²) < 4.78 is 11.8. The number of benzene rings is 3. The van der Waals surface area contributed by atoms with E-state index in [1.807, 2.05) is 78.9 Å². The van der Waals surface area contributed by atoms with Crippen LogP contribution in [-0.4, -0.2) is 25.6 Å². The number of aromatic amines is 1. The van der Waals surface area contributed by atoms with Crippen molar-refractivity contribution in [1.29, 1.82) is 0 Å². The first-order chi connectivity index (χ1) is 17.7. The lowest BCUT2D eigenvalue weighted by molar-refractivity contribution is 0.302. The second kappa shape index (κ2) is 9.27. The van der Waals surface area contributed by atoms with Crippen molar-refractivity contribution >= 4 is 34.0 Å². The highest BCUT2D eigenvalue weighted by Crippen LogP contribution is 2.22. The molecule has 6 rings (SSSR count). The summed E-state index contributed by atoms with van der Waals surface area (Å²) in [6.07, 6.45) is 3.92. The minimum absolute atomic E-state index is 0.169. The van der Waals surface area contributed by atoms with E-state index >= 15 is 0 Å². The summed E-state index contributed by atoms with van der Waals surface area (Å²) in [5, 5.41) is 15.2. The zero-order valence-corrected chi connectivity index (χ0v) is 19.0. The van der Waals surface area contributed by atoms with E-state index in [1.54, 1.807) is 6.07 Å². The van der Waals surface area contributed by atoms with Gasteiger partial charge in [-0.3, -0.25) is 4.79 Å². The van der Waals surface area contributed by atoms with Gasteiger partial charge in [-0.1, -0.05) is 54.6 Å². The molecule has 0 fully saturated rings. The summed E-state index contributed by atoms with van der Waals surface area (Å²) in [7, 11) is 0. The maximum Gasteiger partial charge on any atom is 0.239 e. The average Bonchev–Trinajstić information content (AvgIpc) is 3.46. The molecular weight excluding hydrogens is 454 g/mol. The molecule has 0 amide bonds. The number of hydrogen-bond acceptors (Lipinski definition) is 7. The van der Waals surface area contributed by atoms with Crippen LogP contribution in [0.1, 0.15) is 16.8 Å². The van der Waals surface area contributed by atoms with Gasteiger partial charge >= 0.3 is 0 Å². The van der Waals surface area contributed by atoms with Crippen molar-refractivity contribution in [3.63, 3.8) is 0 Å². The summed E-state index contributed by atoms with van der Waals surface area (Å²) in [5.41, 5.74) is 3.95. The van der Waals surface area contributed by atoms with Crippen LogP contribution in [0.25, 0.3) is 45.6 Å². The van der Waals surface area contributed by atoms with Gasteiger partial charge in [-0.25, -0.2) is 4.98 Å². The van der Waals surface area contributed by atoms with Crippen molar-refractivity contribution in [3.05, 3.63) is 112 Å². The third-order valence-electron chi connectivity index (χ3n) is 5.69. The maximum absolute atomic E-state index is 12.5. The van der Waals surface area contributed by atoms with Gasteiger partial charge in [0.2, 0.25) is 5.82 Å². The van der Waals surface area contributed by atoms with Crippen LogP contribution in [0.2, 0.25) is 0 Å². The molecule has 0 aliphatic heterocycles. The second-order valence-corrected chi connectivity index (χ2v) is 8.16. The second-order valence-electron chi connectivity index (χ2n) is 8.16. The number of fused-ring (bicyclic) bond motifs is 2. The number of hydrogen-bond donors (Lipinski definition) is 1. The van der Waals surface area contributed by atoms with Crippen LogP contribution in [0, 0.1) is 0 Å². The number of pyridine rings is 1. The summed E-state index contributed by atoms with van der Waals surface area (Å²) in [4.78, 5) is 17.1. The van der Waals surface area contributed by atoms with Crippen molar-refractivity contribution < 1.29 is 9.15 Å². The lowest BCUT2D eigenvalue weighted by Crippen LogP contribution is -2.01. The Kier molecular flexibility index (Phi) is 5.51. The van der Waals surface area contributed by atoms with Crippen LogP contribution < -0.4 is 10.2 Å². The number of H-pyrrole nitrogens is 1. The number of nitrogens with one attached hydrogen (secondary N) is 1. The monoisotopic (exact) mass is 473 g/mol. The molecule has 0 aliphatic carbocycles. The summed E-state index contributed by atoms with van der Waals surface area (Å²) >= 11 is 0. The van der Waals surface area contributed by atoms with Crippen molar-refractivity contribution in [3.8, 4) is 17.3 Å². The van der Waals surface area contributed by atoms with Gasteiger partial charge in [0.05, 0.1) is 16.6 Å². The maximum atomic E-state index is 12.5. The predicted molar refractivity (Wildman–Crippen MR) is 137 cm³/mol. The highest BCUT2D eigenvalue weighted by atomic mass is 16.5. The first kappa shape index (κ1) is 21.4. The fraction of sp³-hybridized carbons (Fsp3) is 0.0357. The quantitative estimate of drug-likeness (QED) is 0.328. The Morgan fingerprint density at radius 2 is 1.78 bits per heavy atom. The Bertz CT molecular complexity index is 1770. The number of aromatic nitrogens is 5. The third-order valence-corrected chi connectivity index (χ3v) is 5.69. The molecule has 174 valence electrons. The van der Waals surface area contributed by atoms with Crippen LogP contribution in [0.3, 0.4) is 0 Å². The van der Waals surface area contributed by atoms with Crippen molar-refractivity contribution in [1.82, 2.24) is 25.6 Å². The molecule has 8 heteroatoms. The minimum Gasteiger partial charge on any atom is -0.487 e. The average molecular weight is 473 g/mol. The van der Waals surface area contributed by atoms with E-state index in [2.05, 4.69) is 31.7 Å². The van der Waals surface area contributed by atoms with E-state index in [9.17, 15) is 4.79 Å². The molecule has 0 spiro atoms. The molecule has 36 heavy (non-hydrogen) atoms. The van der Waals surface area contributed by atoms with Crippen LogP contribution in [0.15, 0.2) is 94.1 Å². The molecule has 0 saturated heterocycles. The number of para-hydroxylation sites is 1. The van der Waals surface area contributed by atoms with E-state index in [-0.39, 0.29) is 17.0 Å². The van der Waals surface area contributed by atoms with E-state index in [0.29, 0.717) is 17.6 Å². The molecule has 0 unspecified atom stereocenters. The highest BCUT2D eigenvalue weighted by Gasteiger charge is 2.10. The van der Waals surface area contributed by atoms with Crippen LogP contribution >= 0.6 is 0 Å². The number of ether oxygens (including phenoxy) is 1. The molecule has 6 aromatic rings. The van der Waals surface area contributed by atoms with E-state index in [1.165, 1.54) is 6.07 Å². The molecule has 0 aliphatic rings. The van der Waals surface area contributed by atoms with Gasteiger partial charge in [0.15, 0.2) is 11.2 Å². The van der Waals surface area contributed by atoms with Gasteiger partial charge in [-0.05, 0) is 52.7 Å². The van der Waals surface area contributed by atoms with Gasteiger partial charge in [-0.2, -0.15) is 5.21 Å². The van der Waals surface area contributed by atoms with E-state index in [0.717, 1.165) is 33.5 Å². The van der Waals surface area contributed by atoms with Crippen LogP contribution in [0.5, 0.6) is 5.75 Å². The Hall–Kier alpha value is -5.11. The molecule has 1 N–H and O–H groups in total. The summed E-state index contributed by atoms with van der Waals surface area (Å²) in [6, 6.07) is 26.7.